The Kier molecular flexibility index (Phi) is 9.69. The largest absolute Gasteiger partial charge is 0.444 e. The average Bonchev–Trinajstić information content (AvgIpc) is 3.16. The summed E-state index contributed by atoms with van der Waals surface area (Å²) in [5.74, 6) is 1.83. The number of carbonyl (C=O) groups excluding carboxylic acids is 1. The molecular formula is C19H27ClN4O2S. The number of nitrogens with zero attached hydrogens (tertiary/aromatic N) is 2. The molecule has 1 fully saturated rings. The molecule has 148 valence electrons. The number of hydrogen-bond acceptors (Lipinski definition) is 6. The lowest BCUT2D eigenvalue weighted by Crippen LogP contribution is -2.44. The van der Waals surface area contributed by atoms with Gasteiger partial charge in [-0.2, -0.15) is 0 Å². The van der Waals surface area contributed by atoms with Crippen LogP contribution in [0.2, 0.25) is 0 Å². The van der Waals surface area contributed by atoms with E-state index < -0.39 is 0 Å². The number of piperazine rings is 1. The Morgan fingerprint density at radius 2 is 2.04 bits per heavy atom. The van der Waals surface area contributed by atoms with Crippen LogP contribution in [0.3, 0.4) is 0 Å². The van der Waals surface area contributed by atoms with Gasteiger partial charge in [0.05, 0.1) is 11.4 Å². The highest BCUT2D eigenvalue weighted by molar-refractivity contribution is 7.99. The van der Waals surface area contributed by atoms with Crippen molar-refractivity contribution in [2.24, 2.45) is 0 Å². The van der Waals surface area contributed by atoms with Crippen molar-refractivity contribution in [1.29, 1.82) is 0 Å². The van der Waals surface area contributed by atoms with E-state index >= 15 is 0 Å². The second-order valence-electron chi connectivity index (χ2n) is 6.30. The first-order valence-electron chi connectivity index (χ1n) is 9.08. The minimum absolute atomic E-state index is 0. The third-order valence-corrected chi connectivity index (χ3v) is 5.20. The monoisotopic (exact) mass is 410 g/mol. The Balaban J connectivity index is 0.00000261. The normalized spacial score (nSPS) is 14.5. The first kappa shape index (κ1) is 21.8. The molecule has 0 aliphatic carbocycles. The molecule has 2 aromatic rings. The predicted octanol–water partition coefficient (Wildman–Crippen LogP) is 2.41. The first-order chi connectivity index (χ1) is 12.8. The van der Waals surface area contributed by atoms with Crippen molar-refractivity contribution < 1.29 is 9.21 Å². The van der Waals surface area contributed by atoms with Crippen molar-refractivity contribution in [1.82, 2.24) is 20.5 Å². The van der Waals surface area contributed by atoms with Crippen molar-refractivity contribution in [2.45, 2.75) is 12.2 Å². The number of thioether (sulfide) groups is 1. The van der Waals surface area contributed by atoms with Gasteiger partial charge in [0.1, 0.15) is 6.26 Å². The molecule has 2 N–H and O–H groups in total. The minimum Gasteiger partial charge on any atom is -0.444 e. The van der Waals surface area contributed by atoms with E-state index in [0.29, 0.717) is 17.4 Å². The number of halogens is 1. The molecule has 6 nitrogen and oxygen atoms in total. The van der Waals surface area contributed by atoms with E-state index in [1.165, 1.54) is 0 Å². The molecule has 0 saturated carbocycles. The van der Waals surface area contributed by atoms with Gasteiger partial charge in [-0.05, 0) is 25.1 Å². The summed E-state index contributed by atoms with van der Waals surface area (Å²) in [6.07, 6.45) is 2.67. The first-order valence-corrected chi connectivity index (χ1v) is 10.2. The van der Waals surface area contributed by atoms with Gasteiger partial charge in [-0.1, -0.05) is 18.2 Å². The summed E-state index contributed by atoms with van der Waals surface area (Å²) in [6, 6.07) is 9.82. The molecule has 1 aromatic heterocycles. The summed E-state index contributed by atoms with van der Waals surface area (Å²) in [6.45, 7) is 6.13. The number of rotatable bonds is 9. The molecule has 0 radical (unpaired) electrons. The zero-order valence-electron chi connectivity index (χ0n) is 15.4. The van der Waals surface area contributed by atoms with Crippen LogP contribution in [0.15, 0.2) is 41.0 Å². The Hall–Kier alpha value is -1.54. The van der Waals surface area contributed by atoms with Gasteiger partial charge in [-0.3, -0.25) is 4.79 Å². The lowest BCUT2D eigenvalue weighted by molar-refractivity contribution is -0.118. The van der Waals surface area contributed by atoms with Crippen LogP contribution in [0, 0.1) is 0 Å². The molecule has 0 bridgehead atoms. The summed E-state index contributed by atoms with van der Waals surface area (Å²) in [5.41, 5.74) is 1.83. The molecule has 1 aliphatic rings. The van der Waals surface area contributed by atoms with Gasteiger partial charge in [0.25, 0.3) is 0 Å². The molecule has 3 rings (SSSR count). The van der Waals surface area contributed by atoms with Crippen LogP contribution in [0.1, 0.15) is 12.1 Å². The lowest BCUT2D eigenvalue weighted by Gasteiger charge is -2.27. The average molecular weight is 411 g/mol. The fourth-order valence-corrected chi connectivity index (χ4v) is 3.58. The second-order valence-corrected chi connectivity index (χ2v) is 7.28. The molecular weight excluding hydrogens is 384 g/mol. The number of nitrogens with one attached hydrogen (secondary N) is 2. The van der Waals surface area contributed by atoms with Crippen molar-refractivity contribution in [3.8, 4) is 11.5 Å². The maximum Gasteiger partial charge on any atom is 0.230 e. The zero-order valence-corrected chi connectivity index (χ0v) is 17.0. The molecule has 1 saturated heterocycles. The molecule has 27 heavy (non-hydrogen) atoms. The Morgan fingerprint density at radius 3 is 2.81 bits per heavy atom. The van der Waals surface area contributed by atoms with E-state index in [9.17, 15) is 4.79 Å². The molecule has 1 aliphatic heterocycles. The van der Waals surface area contributed by atoms with Crippen LogP contribution < -0.4 is 10.6 Å². The molecule has 0 unspecified atom stereocenters. The van der Waals surface area contributed by atoms with Gasteiger partial charge in [-0.15, -0.1) is 24.2 Å². The van der Waals surface area contributed by atoms with Crippen LogP contribution in [0.25, 0.3) is 11.5 Å². The van der Waals surface area contributed by atoms with Crippen molar-refractivity contribution in [3.05, 3.63) is 42.3 Å². The lowest BCUT2D eigenvalue weighted by atomic mass is 10.2. The van der Waals surface area contributed by atoms with Crippen LogP contribution in [0.5, 0.6) is 0 Å². The SMILES string of the molecule is Cl.O=C(CSCc1coc(-c2ccccc2)n1)NCCCN1CCNCC1. The quantitative estimate of drug-likeness (QED) is 0.618. The summed E-state index contributed by atoms with van der Waals surface area (Å²) < 4.78 is 5.51. The van der Waals surface area contributed by atoms with E-state index in [4.69, 9.17) is 4.42 Å². The number of amides is 1. The summed E-state index contributed by atoms with van der Waals surface area (Å²) in [5, 5.41) is 6.34. The van der Waals surface area contributed by atoms with Gasteiger partial charge in [0.2, 0.25) is 11.8 Å². The third-order valence-electron chi connectivity index (χ3n) is 4.24. The van der Waals surface area contributed by atoms with Gasteiger partial charge < -0.3 is 20.0 Å². The molecule has 1 amide bonds. The molecule has 0 spiro atoms. The van der Waals surface area contributed by atoms with E-state index in [-0.39, 0.29) is 18.3 Å². The van der Waals surface area contributed by atoms with Crippen LogP contribution in [-0.4, -0.2) is 60.8 Å². The maximum absolute atomic E-state index is 11.9. The van der Waals surface area contributed by atoms with Gasteiger partial charge in [0.15, 0.2) is 0 Å². The zero-order chi connectivity index (χ0) is 18.0. The highest BCUT2D eigenvalue weighted by Crippen LogP contribution is 2.20. The predicted molar refractivity (Wildman–Crippen MR) is 112 cm³/mol. The van der Waals surface area contributed by atoms with Crippen LogP contribution in [0.4, 0.5) is 0 Å². The Bertz CT molecular complexity index is 677. The summed E-state index contributed by atoms with van der Waals surface area (Å²) >= 11 is 1.56. The Labute approximate surface area is 170 Å². The van der Waals surface area contributed by atoms with Gasteiger partial charge in [0, 0.05) is 44.0 Å². The van der Waals surface area contributed by atoms with E-state index in [0.717, 1.165) is 56.9 Å². The Morgan fingerprint density at radius 1 is 1.26 bits per heavy atom. The molecule has 8 heteroatoms. The molecule has 1 aromatic carbocycles. The molecule has 0 atom stereocenters. The summed E-state index contributed by atoms with van der Waals surface area (Å²) in [4.78, 5) is 18.8. The van der Waals surface area contributed by atoms with Crippen molar-refractivity contribution >= 4 is 30.1 Å². The van der Waals surface area contributed by atoms with Crippen LogP contribution >= 0.6 is 24.2 Å². The highest BCUT2D eigenvalue weighted by atomic mass is 35.5. The topological polar surface area (TPSA) is 70.4 Å². The fourth-order valence-electron chi connectivity index (χ4n) is 2.85. The van der Waals surface area contributed by atoms with Crippen molar-refractivity contribution in [3.63, 3.8) is 0 Å². The van der Waals surface area contributed by atoms with E-state index in [2.05, 4.69) is 20.5 Å². The second kappa shape index (κ2) is 12.0. The van der Waals surface area contributed by atoms with Crippen molar-refractivity contribution in [2.75, 3.05) is 45.0 Å². The van der Waals surface area contributed by atoms with E-state index in [1.807, 2.05) is 30.3 Å². The number of hydrogen-bond donors (Lipinski definition) is 2. The third kappa shape index (κ3) is 7.54. The minimum atomic E-state index is 0. The highest BCUT2D eigenvalue weighted by Gasteiger charge is 2.10. The number of oxazole rings is 1. The van der Waals surface area contributed by atoms with E-state index in [1.54, 1.807) is 18.0 Å². The number of aromatic nitrogens is 1. The fraction of sp³-hybridized carbons (Fsp3) is 0.474. The summed E-state index contributed by atoms with van der Waals surface area (Å²) in [7, 11) is 0. The number of benzene rings is 1. The maximum atomic E-state index is 11.9. The standard InChI is InChI=1S/C19H26N4O2S.ClH/c24-18(21-7-4-10-23-11-8-20-9-12-23)15-26-14-17-13-25-19(22-17)16-5-2-1-3-6-16;/h1-3,5-6,13,20H,4,7-12,14-15H2,(H,21,24);1H. The van der Waals surface area contributed by atoms with Gasteiger partial charge >= 0.3 is 0 Å². The van der Waals surface area contributed by atoms with Crippen LogP contribution in [-0.2, 0) is 10.5 Å². The molecule has 2 heterocycles. The number of carbonyl (C=O) groups is 1. The smallest absolute Gasteiger partial charge is 0.230 e. The van der Waals surface area contributed by atoms with Gasteiger partial charge in [-0.25, -0.2) is 4.98 Å².